The van der Waals surface area contributed by atoms with Gasteiger partial charge in [-0.25, -0.2) is 0 Å². The smallest absolute Gasteiger partial charge is 0.310 e. The van der Waals surface area contributed by atoms with Crippen molar-refractivity contribution in [3.63, 3.8) is 0 Å². The molecule has 0 saturated heterocycles. The summed E-state index contributed by atoms with van der Waals surface area (Å²) in [6.45, 7) is 2.93. The van der Waals surface area contributed by atoms with E-state index < -0.39 is 0 Å². The molecule has 0 unspecified atom stereocenters. The Balaban J connectivity index is 1.96. The molecule has 2 aromatic rings. The maximum Gasteiger partial charge on any atom is 0.310 e. The highest BCUT2D eigenvalue weighted by atomic mass is 32.1. The number of ether oxygens (including phenoxy) is 1. The van der Waals surface area contributed by atoms with Gasteiger partial charge in [-0.3, -0.25) is 14.4 Å². The van der Waals surface area contributed by atoms with Crippen LogP contribution < -0.4 is 4.87 Å². The Morgan fingerprint density at radius 1 is 1.39 bits per heavy atom. The number of aromatic nitrogens is 1. The van der Waals surface area contributed by atoms with Gasteiger partial charge in [-0.15, -0.1) is 0 Å². The maximum atomic E-state index is 12.1. The van der Waals surface area contributed by atoms with Crippen molar-refractivity contribution in [2.24, 2.45) is 4.99 Å². The number of nitrogens with zero attached hydrogens (tertiary/aromatic N) is 2. The Bertz CT molecular complexity index is 846. The van der Waals surface area contributed by atoms with Gasteiger partial charge in [0.2, 0.25) is 5.88 Å². The first kappa shape index (κ1) is 15.7. The van der Waals surface area contributed by atoms with Crippen LogP contribution in [0.1, 0.15) is 23.8 Å². The Kier molecular flexibility index (Phi) is 4.45. The minimum Gasteiger partial charge on any atom is -0.493 e. The van der Waals surface area contributed by atoms with Crippen LogP contribution >= 0.6 is 11.3 Å². The van der Waals surface area contributed by atoms with E-state index in [1.54, 1.807) is 7.11 Å². The summed E-state index contributed by atoms with van der Waals surface area (Å²) in [5.41, 5.74) is 3.78. The van der Waals surface area contributed by atoms with Crippen LogP contribution in [0, 0.1) is 0 Å². The summed E-state index contributed by atoms with van der Waals surface area (Å²) in [5, 5.41) is 10.4. The fourth-order valence-corrected chi connectivity index (χ4v) is 3.47. The normalized spacial score (nSPS) is 15.0. The maximum absolute atomic E-state index is 12.1. The fraction of sp³-hybridized carbons (Fsp3) is 0.294. The van der Waals surface area contributed by atoms with Gasteiger partial charge in [-0.05, 0) is 25.5 Å². The molecule has 0 atom stereocenters. The third-order valence-electron chi connectivity index (χ3n) is 3.77. The van der Waals surface area contributed by atoms with Gasteiger partial charge in [-0.2, -0.15) is 0 Å². The second-order valence-electron chi connectivity index (χ2n) is 5.33. The molecule has 120 valence electrons. The molecule has 1 aliphatic rings. The van der Waals surface area contributed by atoms with E-state index in [1.165, 1.54) is 4.57 Å². The molecule has 0 spiro atoms. The Labute approximate surface area is 138 Å². The zero-order chi connectivity index (χ0) is 16.4. The molecule has 0 fully saturated rings. The molecule has 23 heavy (non-hydrogen) atoms. The third kappa shape index (κ3) is 3.00. The van der Waals surface area contributed by atoms with Gasteiger partial charge in [-0.1, -0.05) is 29.5 Å². The van der Waals surface area contributed by atoms with Gasteiger partial charge >= 0.3 is 4.87 Å². The first-order chi connectivity index (χ1) is 11.1. The fourth-order valence-electron chi connectivity index (χ4n) is 2.62. The van der Waals surface area contributed by atoms with Gasteiger partial charge in [0.1, 0.15) is 0 Å². The zero-order valence-corrected chi connectivity index (χ0v) is 13.9. The summed E-state index contributed by atoms with van der Waals surface area (Å²) in [4.78, 5) is 17.0. The van der Waals surface area contributed by atoms with Crippen LogP contribution in [0.4, 0.5) is 5.69 Å². The van der Waals surface area contributed by atoms with Crippen LogP contribution in [0.3, 0.4) is 0 Å². The minimum atomic E-state index is -0.161. The number of aromatic hydroxyl groups is 1. The van der Waals surface area contributed by atoms with Gasteiger partial charge < -0.3 is 9.84 Å². The molecule has 5 nitrogen and oxygen atoms in total. The number of thiazole rings is 1. The number of allylic oxidation sites excluding steroid dienone is 1. The highest BCUT2D eigenvalue weighted by Gasteiger charge is 2.19. The molecule has 0 amide bonds. The summed E-state index contributed by atoms with van der Waals surface area (Å²) in [6.07, 6.45) is 2.53. The highest BCUT2D eigenvalue weighted by molar-refractivity contribution is 7.10. The van der Waals surface area contributed by atoms with Crippen molar-refractivity contribution in [1.82, 2.24) is 4.57 Å². The lowest BCUT2D eigenvalue weighted by atomic mass is 10.0. The molecule has 1 N–H and O–H groups in total. The van der Waals surface area contributed by atoms with E-state index >= 15 is 0 Å². The summed E-state index contributed by atoms with van der Waals surface area (Å²) in [6, 6.07) is 7.86. The highest BCUT2D eigenvalue weighted by Crippen LogP contribution is 2.37. The molecule has 0 bridgehead atoms. The van der Waals surface area contributed by atoms with E-state index in [9.17, 15) is 9.90 Å². The predicted octanol–water partition coefficient (Wildman–Crippen LogP) is 3.30. The van der Waals surface area contributed by atoms with Crippen molar-refractivity contribution >= 4 is 34.4 Å². The van der Waals surface area contributed by atoms with Gasteiger partial charge in [0.05, 0.1) is 10.6 Å². The third-order valence-corrected chi connectivity index (χ3v) is 4.69. The molecule has 3 rings (SSSR count). The number of rotatable bonds is 5. The molecule has 0 aliphatic carbocycles. The number of aliphatic imine (C=N–C) groups is 1. The van der Waals surface area contributed by atoms with Crippen molar-refractivity contribution < 1.29 is 9.84 Å². The van der Waals surface area contributed by atoms with Crippen LogP contribution in [0.2, 0.25) is 0 Å². The van der Waals surface area contributed by atoms with Crippen molar-refractivity contribution in [2.75, 3.05) is 13.7 Å². The minimum absolute atomic E-state index is 0.0146. The number of hydrogen-bond donors (Lipinski definition) is 1. The SMILES string of the molecule is COCCCn1c(O)c(C=C2C(C)=Nc3ccccc32)sc1=O. The topological polar surface area (TPSA) is 63.8 Å². The summed E-state index contributed by atoms with van der Waals surface area (Å²) in [7, 11) is 1.62. The first-order valence-electron chi connectivity index (χ1n) is 7.40. The number of hydrogen-bond acceptors (Lipinski definition) is 5. The average molecular weight is 330 g/mol. The van der Waals surface area contributed by atoms with Crippen LogP contribution in [0.25, 0.3) is 11.6 Å². The summed E-state index contributed by atoms with van der Waals surface area (Å²) >= 11 is 1.05. The second-order valence-corrected chi connectivity index (χ2v) is 6.32. The Hall–Kier alpha value is -2.18. The van der Waals surface area contributed by atoms with Gasteiger partial charge in [0.15, 0.2) is 0 Å². The molecule has 0 radical (unpaired) electrons. The average Bonchev–Trinajstić information content (AvgIpc) is 2.99. The van der Waals surface area contributed by atoms with E-state index in [2.05, 4.69) is 4.99 Å². The van der Waals surface area contributed by atoms with Gasteiger partial charge in [0.25, 0.3) is 0 Å². The van der Waals surface area contributed by atoms with Crippen molar-refractivity contribution in [1.29, 1.82) is 0 Å². The Morgan fingerprint density at radius 2 is 2.17 bits per heavy atom. The lowest BCUT2D eigenvalue weighted by Crippen LogP contribution is -2.13. The molecule has 1 aliphatic heterocycles. The van der Waals surface area contributed by atoms with Crippen LogP contribution in [-0.2, 0) is 11.3 Å². The van der Waals surface area contributed by atoms with Crippen LogP contribution in [0.15, 0.2) is 34.1 Å². The molecule has 2 heterocycles. The number of methoxy groups -OCH3 is 1. The standard InChI is InChI=1S/C17H18N2O3S/c1-11-13(12-6-3-4-7-14(12)18-11)10-15-16(20)19(17(21)23-15)8-5-9-22-2/h3-4,6-7,10,20H,5,8-9H2,1-2H3. The zero-order valence-electron chi connectivity index (χ0n) is 13.1. The van der Waals surface area contributed by atoms with E-state index in [1.807, 2.05) is 37.3 Å². The van der Waals surface area contributed by atoms with Crippen molar-refractivity contribution in [2.45, 2.75) is 19.9 Å². The molecule has 6 heteroatoms. The van der Waals surface area contributed by atoms with E-state index in [-0.39, 0.29) is 10.8 Å². The van der Waals surface area contributed by atoms with Crippen molar-refractivity contribution in [3.8, 4) is 5.88 Å². The molecule has 1 aromatic carbocycles. The summed E-state index contributed by atoms with van der Waals surface area (Å²) in [5.74, 6) is 0.0146. The first-order valence-corrected chi connectivity index (χ1v) is 8.21. The number of fused-ring (bicyclic) bond motifs is 1. The lowest BCUT2D eigenvalue weighted by Gasteiger charge is -2.03. The van der Waals surface area contributed by atoms with E-state index in [0.717, 1.165) is 33.9 Å². The monoisotopic (exact) mass is 330 g/mol. The van der Waals surface area contributed by atoms with Crippen LogP contribution in [-0.4, -0.2) is 29.1 Å². The molecular formula is C17H18N2O3S. The van der Waals surface area contributed by atoms with Crippen molar-refractivity contribution in [3.05, 3.63) is 44.4 Å². The largest absolute Gasteiger partial charge is 0.493 e. The number of para-hydroxylation sites is 1. The number of benzene rings is 1. The molecule has 1 aromatic heterocycles. The van der Waals surface area contributed by atoms with Crippen LogP contribution in [0.5, 0.6) is 5.88 Å². The summed E-state index contributed by atoms with van der Waals surface area (Å²) < 4.78 is 6.38. The van der Waals surface area contributed by atoms with E-state index in [4.69, 9.17) is 4.74 Å². The quantitative estimate of drug-likeness (QED) is 0.856. The van der Waals surface area contributed by atoms with E-state index in [0.29, 0.717) is 24.4 Å². The Morgan fingerprint density at radius 3 is 2.96 bits per heavy atom. The van der Waals surface area contributed by atoms with Gasteiger partial charge in [0, 0.05) is 37.1 Å². The second kappa shape index (κ2) is 6.52. The lowest BCUT2D eigenvalue weighted by molar-refractivity contribution is 0.189. The predicted molar refractivity (Wildman–Crippen MR) is 93.8 cm³/mol. The molecular weight excluding hydrogens is 312 g/mol. The molecule has 0 saturated carbocycles.